The van der Waals surface area contributed by atoms with Crippen LogP contribution in [0.15, 0.2) is 35.2 Å². The van der Waals surface area contributed by atoms with E-state index in [9.17, 15) is 9.18 Å². The molecule has 0 spiro atoms. The first-order chi connectivity index (χ1) is 7.74. The normalized spacial score (nSPS) is 10.1. The number of aromatic nitrogens is 1. The molecule has 0 unspecified atom stereocenters. The lowest BCUT2D eigenvalue weighted by molar-refractivity contribution is -0.115. The van der Waals surface area contributed by atoms with Crippen molar-refractivity contribution in [3.05, 3.63) is 46.7 Å². The Morgan fingerprint density at radius 2 is 2.12 bits per heavy atom. The largest absolute Gasteiger partial charge is 0.326 e. The van der Waals surface area contributed by atoms with Gasteiger partial charge in [0.2, 0.25) is 5.91 Å². The molecule has 0 aliphatic rings. The lowest BCUT2D eigenvalue weighted by atomic mass is 10.3. The molecule has 1 aromatic carbocycles. The minimum absolute atomic E-state index is 0.155. The molecule has 82 valence electrons. The van der Waals surface area contributed by atoms with Gasteiger partial charge in [-0.3, -0.25) is 4.79 Å². The molecule has 1 aromatic heterocycles. The van der Waals surface area contributed by atoms with Gasteiger partial charge in [-0.15, -0.1) is 11.3 Å². The standard InChI is InChI=1S/C11H9FN2OS/c12-8-1-3-9(4-2-8)14-11(15)5-10-6-16-7-13-10/h1-4,6-7H,5H2,(H,14,15). The molecule has 3 nitrogen and oxygen atoms in total. The van der Waals surface area contributed by atoms with Gasteiger partial charge in [-0.25, -0.2) is 9.37 Å². The van der Waals surface area contributed by atoms with Gasteiger partial charge in [0.05, 0.1) is 17.6 Å². The van der Waals surface area contributed by atoms with E-state index in [1.807, 2.05) is 5.38 Å². The lowest BCUT2D eigenvalue weighted by Gasteiger charge is -2.03. The summed E-state index contributed by atoms with van der Waals surface area (Å²) in [4.78, 5) is 15.5. The Morgan fingerprint density at radius 3 is 2.75 bits per heavy atom. The maximum absolute atomic E-state index is 12.6. The molecule has 0 fully saturated rings. The van der Waals surface area contributed by atoms with Crippen molar-refractivity contribution in [2.24, 2.45) is 0 Å². The number of carbonyl (C=O) groups is 1. The summed E-state index contributed by atoms with van der Waals surface area (Å²) in [6, 6.07) is 5.65. The minimum atomic E-state index is -0.322. The van der Waals surface area contributed by atoms with Gasteiger partial charge in [0.1, 0.15) is 5.82 Å². The van der Waals surface area contributed by atoms with Gasteiger partial charge >= 0.3 is 0 Å². The molecule has 5 heteroatoms. The van der Waals surface area contributed by atoms with Crippen LogP contribution in [0.5, 0.6) is 0 Å². The quantitative estimate of drug-likeness (QED) is 0.889. The highest BCUT2D eigenvalue weighted by Gasteiger charge is 2.05. The third-order valence-corrected chi connectivity index (χ3v) is 2.59. The van der Waals surface area contributed by atoms with E-state index in [2.05, 4.69) is 10.3 Å². The van der Waals surface area contributed by atoms with Crippen molar-refractivity contribution in [3.8, 4) is 0 Å². The Kier molecular flexibility index (Phi) is 3.26. The highest BCUT2D eigenvalue weighted by molar-refractivity contribution is 7.07. The van der Waals surface area contributed by atoms with Crippen molar-refractivity contribution >= 4 is 22.9 Å². The predicted molar refractivity (Wildman–Crippen MR) is 60.8 cm³/mol. The Balaban J connectivity index is 1.95. The summed E-state index contributed by atoms with van der Waals surface area (Å²) in [7, 11) is 0. The molecule has 1 N–H and O–H groups in total. The van der Waals surface area contributed by atoms with Crippen LogP contribution in [0.25, 0.3) is 0 Å². The van der Waals surface area contributed by atoms with Crippen molar-refractivity contribution in [1.29, 1.82) is 0 Å². The number of halogens is 1. The number of hydrogen-bond acceptors (Lipinski definition) is 3. The number of rotatable bonds is 3. The van der Waals surface area contributed by atoms with Crippen molar-refractivity contribution in [3.63, 3.8) is 0 Å². The molecule has 0 saturated heterocycles. The van der Waals surface area contributed by atoms with E-state index in [0.29, 0.717) is 5.69 Å². The average Bonchev–Trinajstić information content (AvgIpc) is 2.74. The van der Waals surface area contributed by atoms with Gasteiger partial charge in [-0.1, -0.05) is 0 Å². The lowest BCUT2D eigenvalue weighted by Crippen LogP contribution is -2.14. The Labute approximate surface area is 96.0 Å². The molecule has 0 aliphatic heterocycles. The Bertz CT molecular complexity index is 467. The molecule has 0 saturated carbocycles. The first kappa shape index (κ1) is 10.8. The van der Waals surface area contributed by atoms with Crippen molar-refractivity contribution < 1.29 is 9.18 Å². The summed E-state index contributed by atoms with van der Waals surface area (Å²) in [6.07, 6.45) is 0.237. The number of amides is 1. The van der Waals surface area contributed by atoms with Crippen LogP contribution in [0, 0.1) is 5.82 Å². The van der Waals surface area contributed by atoms with Crippen molar-refractivity contribution in [2.45, 2.75) is 6.42 Å². The topological polar surface area (TPSA) is 42.0 Å². The number of nitrogens with zero attached hydrogens (tertiary/aromatic N) is 1. The molecule has 0 atom stereocenters. The van der Waals surface area contributed by atoms with E-state index in [0.717, 1.165) is 5.69 Å². The predicted octanol–water partition coefficient (Wildman–Crippen LogP) is 2.46. The van der Waals surface area contributed by atoms with Gasteiger partial charge in [0.25, 0.3) is 0 Å². The minimum Gasteiger partial charge on any atom is -0.326 e. The van der Waals surface area contributed by atoms with E-state index < -0.39 is 0 Å². The Hall–Kier alpha value is -1.75. The smallest absolute Gasteiger partial charge is 0.230 e. The molecule has 2 rings (SSSR count). The molecule has 2 aromatic rings. The number of thiazole rings is 1. The highest BCUT2D eigenvalue weighted by Crippen LogP contribution is 2.09. The van der Waals surface area contributed by atoms with Gasteiger partial charge in [0, 0.05) is 11.1 Å². The van der Waals surface area contributed by atoms with E-state index in [1.54, 1.807) is 5.51 Å². The number of carbonyl (C=O) groups excluding carboxylic acids is 1. The zero-order valence-electron chi connectivity index (χ0n) is 8.31. The summed E-state index contributed by atoms with van der Waals surface area (Å²) in [5, 5.41) is 4.49. The molecule has 16 heavy (non-hydrogen) atoms. The fourth-order valence-electron chi connectivity index (χ4n) is 1.23. The zero-order chi connectivity index (χ0) is 11.4. The molecule has 0 bridgehead atoms. The fraction of sp³-hybridized carbons (Fsp3) is 0.0909. The molecule has 0 radical (unpaired) electrons. The van der Waals surface area contributed by atoms with E-state index in [1.165, 1.54) is 35.6 Å². The summed E-state index contributed by atoms with van der Waals surface area (Å²) in [6.45, 7) is 0. The molecular formula is C11H9FN2OS. The van der Waals surface area contributed by atoms with Crippen LogP contribution in [-0.2, 0) is 11.2 Å². The maximum Gasteiger partial charge on any atom is 0.230 e. The van der Waals surface area contributed by atoms with E-state index >= 15 is 0 Å². The highest BCUT2D eigenvalue weighted by atomic mass is 32.1. The van der Waals surface area contributed by atoms with Gasteiger partial charge in [0.15, 0.2) is 0 Å². The second-order valence-electron chi connectivity index (χ2n) is 3.21. The van der Waals surface area contributed by atoms with Crippen LogP contribution < -0.4 is 5.32 Å². The SMILES string of the molecule is O=C(Cc1cscn1)Nc1ccc(F)cc1. The number of hydrogen-bond donors (Lipinski definition) is 1. The third kappa shape index (κ3) is 2.87. The first-order valence-corrected chi connectivity index (χ1v) is 5.61. The number of nitrogens with one attached hydrogen (secondary N) is 1. The van der Waals surface area contributed by atoms with Crippen LogP contribution in [0.1, 0.15) is 5.69 Å². The second kappa shape index (κ2) is 4.85. The van der Waals surface area contributed by atoms with Gasteiger partial charge in [-0.2, -0.15) is 0 Å². The zero-order valence-corrected chi connectivity index (χ0v) is 9.13. The van der Waals surface area contributed by atoms with Crippen LogP contribution in [0.4, 0.5) is 10.1 Å². The summed E-state index contributed by atoms with van der Waals surface area (Å²) in [5.74, 6) is -0.477. The fourth-order valence-corrected chi connectivity index (χ4v) is 1.79. The maximum atomic E-state index is 12.6. The number of benzene rings is 1. The van der Waals surface area contributed by atoms with Crippen LogP contribution in [-0.4, -0.2) is 10.9 Å². The molecule has 1 amide bonds. The first-order valence-electron chi connectivity index (χ1n) is 4.66. The number of anilines is 1. The average molecular weight is 236 g/mol. The third-order valence-electron chi connectivity index (χ3n) is 1.95. The van der Waals surface area contributed by atoms with Crippen LogP contribution in [0.3, 0.4) is 0 Å². The van der Waals surface area contributed by atoms with Crippen LogP contribution >= 0.6 is 11.3 Å². The van der Waals surface area contributed by atoms with Gasteiger partial charge < -0.3 is 5.32 Å². The molecule has 0 aliphatic carbocycles. The van der Waals surface area contributed by atoms with Crippen LogP contribution in [0.2, 0.25) is 0 Å². The molecular weight excluding hydrogens is 227 g/mol. The summed E-state index contributed by atoms with van der Waals surface area (Å²) >= 11 is 1.45. The monoisotopic (exact) mass is 236 g/mol. The van der Waals surface area contributed by atoms with E-state index in [4.69, 9.17) is 0 Å². The summed E-state index contributed by atoms with van der Waals surface area (Å²) in [5.41, 5.74) is 3.01. The Morgan fingerprint density at radius 1 is 1.38 bits per heavy atom. The van der Waals surface area contributed by atoms with Gasteiger partial charge in [-0.05, 0) is 24.3 Å². The summed E-state index contributed by atoms with van der Waals surface area (Å²) < 4.78 is 12.6. The molecule has 1 heterocycles. The second-order valence-corrected chi connectivity index (χ2v) is 3.93. The van der Waals surface area contributed by atoms with Crippen molar-refractivity contribution in [2.75, 3.05) is 5.32 Å². The van der Waals surface area contributed by atoms with Crippen molar-refractivity contribution in [1.82, 2.24) is 4.98 Å². The van der Waals surface area contributed by atoms with E-state index in [-0.39, 0.29) is 18.1 Å².